The average Bonchev–Trinajstić information content (AvgIpc) is 2.66. The van der Waals surface area contributed by atoms with E-state index in [1.165, 1.54) is 0 Å². The monoisotopic (exact) mass is 354 g/mol. The van der Waals surface area contributed by atoms with Gasteiger partial charge in [0.15, 0.2) is 6.61 Å². The molecule has 1 fully saturated rings. The fourth-order valence-corrected chi connectivity index (χ4v) is 2.98. The molecule has 3 rings (SSSR count). The molecule has 1 aliphatic rings. The highest BCUT2D eigenvalue weighted by atomic mass is 16.5. The quantitative estimate of drug-likeness (QED) is 0.826. The summed E-state index contributed by atoms with van der Waals surface area (Å²) in [7, 11) is 1.74. The predicted molar refractivity (Wildman–Crippen MR) is 103 cm³/mol. The molecule has 0 atom stereocenters. The lowest BCUT2D eigenvalue weighted by Gasteiger charge is -2.30. The van der Waals surface area contributed by atoms with Crippen LogP contribution in [0.5, 0.6) is 5.88 Å². The fourth-order valence-electron chi connectivity index (χ4n) is 2.98. The Morgan fingerprint density at radius 3 is 2.62 bits per heavy atom. The number of ether oxygens (including phenoxy) is 1. The first-order valence-electron chi connectivity index (χ1n) is 9.08. The summed E-state index contributed by atoms with van der Waals surface area (Å²) < 4.78 is 5.67. The molecule has 1 aromatic heterocycles. The van der Waals surface area contributed by atoms with E-state index in [0.29, 0.717) is 11.8 Å². The Kier molecular flexibility index (Phi) is 5.71. The number of aryl methyl sites for hydroxylation is 1. The average molecular weight is 354 g/mol. The van der Waals surface area contributed by atoms with Crippen molar-refractivity contribution in [1.29, 1.82) is 0 Å². The summed E-state index contributed by atoms with van der Waals surface area (Å²) in [5.41, 5.74) is 1.68. The summed E-state index contributed by atoms with van der Waals surface area (Å²) in [4.78, 5) is 25.2. The Labute approximate surface area is 154 Å². The molecule has 1 aromatic carbocycles. The number of anilines is 2. The van der Waals surface area contributed by atoms with Gasteiger partial charge in [-0.2, -0.15) is 4.98 Å². The van der Waals surface area contributed by atoms with Gasteiger partial charge in [-0.25, -0.2) is 4.98 Å². The van der Waals surface area contributed by atoms with Crippen molar-refractivity contribution in [2.75, 3.05) is 36.5 Å². The Bertz CT molecular complexity index is 743. The predicted octanol–water partition coefficient (Wildman–Crippen LogP) is 3.06. The number of likely N-dealkylation sites (N-methyl/N-ethyl adjacent to an activating group) is 1. The van der Waals surface area contributed by atoms with Crippen LogP contribution in [0.4, 0.5) is 11.6 Å². The van der Waals surface area contributed by atoms with Gasteiger partial charge in [0.25, 0.3) is 5.91 Å². The molecule has 6 nitrogen and oxygen atoms in total. The molecule has 6 heteroatoms. The molecule has 138 valence electrons. The standard InChI is InChI=1S/C20H26N4O2/c1-15-9-11-24(12-10-15)20-21-16(2)13-18(22-20)26-14-19(25)23(3)17-7-5-4-6-8-17/h4-8,13,15H,9-12,14H2,1-3H3. The maximum absolute atomic E-state index is 12.4. The van der Waals surface area contributed by atoms with Crippen LogP contribution in [0, 0.1) is 12.8 Å². The number of benzene rings is 1. The van der Waals surface area contributed by atoms with E-state index in [0.717, 1.165) is 43.2 Å². The molecule has 2 aromatic rings. The number of para-hydroxylation sites is 1. The Morgan fingerprint density at radius 2 is 1.92 bits per heavy atom. The van der Waals surface area contributed by atoms with Gasteiger partial charge < -0.3 is 14.5 Å². The van der Waals surface area contributed by atoms with E-state index >= 15 is 0 Å². The Hall–Kier alpha value is -2.63. The molecule has 0 N–H and O–H groups in total. The molecule has 26 heavy (non-hydrogen) atoms. The number of hydrogen-bond donors (Lipinski definition) is 0. The van der Waals surface area contributed by atoms with Crippen LogP contribution in [0.25, 0.3) is 0 Å². The molecular weight excluding hydrogens is 328 g/mol. The van der Waals surface area contributed by atoms with Gasteiger partial charge in [-0.15, -0.1) is 0 Å². The summed E-state index contributed by atoms with van der Waals surface area (Å²) in [6.45, 7) is 6.05. The van der Waals surface area contributed by atoms with Crippen LogP contribution >= 0.6 is 0 Å². The van der Waals surface area contributed by atoms with Crippen molar-refractivity contribution in [3.8, 4) is 5.88 Å². The minimum atomic E-state index is -0.124. The Morgan fingerprint density at radius 1 is 1.23 bits per heavy atom. The minimum Gasteiger partial charge on any atom is -0.467 e. The molecule has 1 aliphatic heterocycles. The van der Waals surface area contributed by atoms with Crippen molar-refractivity contribution in [3.63, 3.8) is 0 Å². The number of piperidine rings is 1. The van der Waals surface area contributed by atoms with Crippen molar-refractivity contribution >= 4 is 17.5 Å². The summed E-state index contributed by atoms with van der Waals surface area (Å²) in [5, 5.41) is 0. The lowest BCUT2D eigenvalue weighted by Crippen LogP contribution is -2.34. The van der Waals surface area contributed by atoms with Crippen LogP contribution in [-0.4, -0.2) is 42.6 Å². The number of aromatic nitrogens is 2. The zero-order valence-corrected chi connectivity index (χ0v) is 15.7. The molecule has 0 radical (unpaired) electrons. The number of carbonyl (C=O) groups is 1. The lowest BCUT2D eigenvalue weighted by atomic mass is 10.00. The molecular formula is C20H26N4O2. The molecule has 0 aliphatic carbocycles. The van der Waals surface area contributed by atoms with Crippen LogP contribution in [0.1, 0.15) is 25.5 Å². The topological polar surface area (TPSA) is 58.6 Å². The highest BCUT2D eigenvalue weighted by Crippen LogP contribution is 2.22. The first-order valence-corrected chi connectivity index (χ1v) is 9.08. The summed E-state index contributed by atoms with van der Waals surface area (Å²) in [6.07, 6.45) is 2.29. The SMILES string of the molecule is Cc1cc(OCC(=O)N(C)c2ccccc2)nc(N2CCC(C)CC2)n1. The molecule has 0 bridgehead atoms. The van der Waals surface area contributed by atoms with E-state index in [2.05, 4.69) is 21.8 Å². The smallest absolute Gasteiger partial charge is 0.264 e. The van der Waals surface area contributed by atoms with Crippen LogP contribution < -0.4 is 14.5 Å². The van der Waals surface area contributed by atoms with Crippen LogP contribution in [0.2, 0.25) is 0 Å². The van der Waals surface area contributed by atoms with E-state index in [-0.39, 0.29) is 12.5 Å². The number of amides is 1. The van der Waals surface area contributed by atoms with Gasteiger partial charge in [0.1, 0.15) is 0 Å². The molecule has 0 unspecified atom stereocenters. The zero-order chi connectivity index (χ0) is 18.5. The second-order valence-corrected chi connectivity index (χ2v) is 6.89. The molecule has 1 amide bonds. The van der Waals surface area contributed by atoms with Crippen molar-refractivity contribution in [2.24, 2.45) is 5.92 Å². The van der Waals surface area contributed by atoms with E-state index in [9.17, 15) is 4.79 Å². The van der Waals surface area contributed by atoms with E-state index in [1.807, 2.05) is 37.3 Å². The zero-order valence-electron chi connectivity index (χ0n) is 15.7. The largest absolute Gasteiger partial charge is 0.467 e. The summed E-state index contributed by atoms with van der Waals surface area (Å²) in [5.74, 6) is 1.76. The fraction of sp³-hybridized carbons (Fsp3) is 0.450. The normalized spacial score (nSPS) is 15.0. The lowest BCUT2D eigenvalue weighted by molar-refractivity contribution is -0.120. The third-order valence-corrected chi connectivity index (χ3v) is 4.75. The van der Waals surface area contributed by atoms with Crippen LogP contribution in [-0.2, 0) is 4.79 Å². The van der Waals surface area contributed by atoms with E-state index < -0.39 is 0 Å². The number of rotatable bonds is 5. The second-order valence-electron chi connectivity index (χ2n) is 6.89. The highest BCUT2D eigenvalue weighted by molar-refractivity contribution is 5.93. The van der Waals surface area contributed by atoms with Gasteiger partial charge in [0, 0.05) is 37.6 Å². The Balaban J connectivity index is 1.63. The van der Waals surface area contributed by atoms with Crippen molar-refractivity contribution in [1.82, 2.24) is 9.97 Å². The van der Waals surface area contributed by atoms with E-state index in [4.69, 9.17) is 4.74 Å². The maximum Gasteiger partial charge on any atom is 0.264 e. The summed E-state index contributed by atoms with van der Waals surface area (Å²) >= 11 is 0. The number of carbonyl (C=O) groups excluding carboxylic acids is 1. The van der Waals surface area contributed by atoms with Gasteiger partial charge >= 0.3 is 0 Å². The third kappa shape index (κ3) is 4.50. The molecule has 0 spiro atoms. The van der Waals surface area contributed by atoms with Gasteiger partial charge in [-0.1, -0.05) is 25.1 Å². The van der Waals surface area contributed by atoms with Crippen molar-refractivity contribution < 1.29 is 9.53 Å². The van der Waals surface area contributed by atoms with Gasteiger partial charge in [-0.3, -0.25) is 4.79 Å². The minimum absolute atomic E-state index is 0.0572. The molecule has 1 saturated heterocycles. The van der Waals surface area contributed by atoms with Crippen molar-refractivity contribution in [2.45, 2.75) is 26.7 Å². The first-order chi connectivity index (χ1) is 12.5. The second kappa shape index (κ2) is 8.17. The van der Waals surface area contributed by atoms with Crippen LogP contribution in [0.15, 0.2) is 36.4 Å². The summed E-state index contributed by atoms with van der Waals surface area (Å²) in [6, 6.07) is 11.3. The van der Waals surface area contributed by atoms with Crippen LogP contribution in [0.3, 0.4) is 0 Å². The van der Waals surface area contributed by atoms with Gasteiger partial charge in [0.2, 0.25) is 11.8 Å². The molecule has 2 heterocycles. The maximum atomic E-state index is 12.4. The number of hydrogen-bond acceptors (Lipinski definition) is 5. The molecule has 0 saturated carbocycles. The highest BCUT2D eigenvalue weighted by Gasteiger charge is 2.19. The first kappa shape index (κ1) is 18.2. The van der Waals surface area contributed by atoms with E-state index in [1.54, 1.807) is 18.0 Å². The van der Waals surface area contributed by atoms with Gasteiger partial charge in [-0.05, 0) is 37.8 Å². The van der Waals surface area contributed by atoms with Gasteiger partial charge in [0.05, 0.1) is 0 Å². The number of nitrogens with zero attached hydrogens (tertiary/aromatic N) is 4. The third-order valence-electron chi connectivity index (χ3n) is 4.75. The van der Waals surface area contributed by atoms with Crippen molar-refractivity contribution in [3.05, 3.63) is 42.1 Å².